The van der Waals surface area contributed by atoms with E-state index in [0.29, 0.717) is 12.8 Å². The summed E-state index contributed by atoms with van der Waals surface area (Å²) in [5.41, 5.74) is 4.48. The van der Waals surface area contributed by atoms with Gasteiger partial charge in [-0.05, 0) is 24.8 Å². The van der Waals surface area contributed by atoms with Crippen molar-refractivity contribution >= 4 is 8.07 Å². The summed E-state index contributed by atoms with van der Waals surface area (Å²) in [5, 5.41) is 20.5. The largest absolute Gasteiger partial charge is 0.393 e. The average Bonchev–Trinajstić information content (AvgIpc) is 2.37. The lowest BCUT2D eigenvalue weighted by Gasteiger charge is -2.20. The molecule has 3 heteroatoms. The molecule has 0 aromatic heterocycles. The van der Waals surface area contributed by atoms with Crippen LogP contribution in [0.15, 0.2) is 41.6 Å². The van der Waals surface area contributed by atoms with E-state index < -0.39 is 14.2 Å². The molecule has 2 nitrogen and oxygen atoms in total. The molecular weight excluding hydrogens is 276 g/mol. The van der Waals surface area contributed by atoms with Gasteiger partial charge in [-0.3, -0.25) is 0 Å². The molecule has 2 atom stereocenters. The van der Waals surface area contributed by atoms with Gasteiger partial charge >= 0.3 is 0 Å². The highest BCUT2D eigenvalue weighted by atomic mass is 28.3. The first-order valence-corrected chi connectivity index (χ1v) is 11.5. The van der Waals surface area contributed by atoms with Crippen molar-refractivity contribution < 1.29 is 10.2 Å². The number of aliphatic hydroxyl groups is 2. The second-order valence-corrected chi connectivity index (χ2v) is 12.0. The lowest BCUT2D eigenvalue weighted by molar-refractivity contribution is 0.150. The fraction of sp³-hybridized carbons (Fsp3) is 0.556. The van der Waals surface area contributed by atoms with Gasteiger partial charge in [0.25, 0.3) is 0 Å². The van der Waals surface area contributed by atoms with Gasteiger partial charge in [0.2, 0.25) is 0 Å². The molecular formula is C18H30O2Si. The fourth-order valence-corrected chi connectivity index (χ4v) is 4.05. The standard InChI is InChI=1S/C18H30O2Si/c1-5-9-17(19)12-15(14-21(2,3)4)13-18(20)16-10-7-6-8-11-16/h6-8,10-11,14,17-20H,5,9,12-13H2,1-4H3/b15-14-. The van der Waals surface area contributed by atoms with Gasteiger partial charge in [-0.25, -0.2) is 0 Å². The van der Waals surface area contributed by atoms with Gasteiger partial charge in [0.05, 0.1) is 20.3 Å². The van der Waals surface area contributed by atoms with Gasteiger partial charge in [-0.15, -0.1) is 0 Å². The van der Waals surface area contributed by atoms with Gasteiger partial charge in [0, 0.05) is 0 Å². The molecule has 1 rings (SSSR count). The van der Waals surface area contributed by atoms with Crippen molar-refractivity contribution in [1.82, 2.24) is 0 Å². The summed E-state index contributed by atoms with van der Waals surface area (Å²) >= 11 is 0. The molecule has 2 unspecified atom stereocenters. The van der Waals surface area contributed by atoms with E-state index in [1.807, 2.05) is 30.3 Å². The maximum Gasteiger partial charge on any atom is 0.0827 e. The SMILES string of the molecule is CCCC(O)C/C(=C/[Si](C)(C)C)CC(O)c1ccccc1. The molecule has 0 spiro atoms. The summed E-state index contributed by atoms with van der Waals surface area (Å²) in [6, 6.07) is 9.78. The van der Waals surface area contributed by atoms with Crippen molar-refractivity contribution in [3.63, 3.8) is 0 Å². The summed E-state index contributed by atoms with van der Waals surface area (Å²) < 4.78 is 0. The van der Waals surface area contributed by atoms with Crippen molar-refractivity contribution in [1.29, 1.82) is 0 Å². The first kappa shape index (κ1) is 18.1. The molecule has 0 aliphatic carbocycles. The van der Waals surface area contributed by atoms with Crippen LogP contribution in [0.5, 0.6) is 0 Å². The minimum absolute atomic E-state index is 0.291. The highest BCUT2D eigenvalue weighted by molar-refractivity contribution is 6.81. The van der Waals surface area contributed by atoms with Gasteiger partial charge < -0.3 is 10.2 Å². The van der Waals surface area contributed by atoms with Crippen LogP contribution in [0.25, 0.3) is 0 Å². The van der Waals surface area contributed by atoms with E-state index in [1.54, 1.807) is 0 Å². The molecule has 21 heavy (non-hydrogen) atoms. The Bertz CT molecular complexity index is 434. The van der Waals surface area contributed by atoms with Gasteiger partial charge in [-0.1, -0.05) is 74.6 Å². The normalized spacial score (nSPS) is 15.8. The van der Waals surface area contributed by atoms with E-state index >= 15 is 0 Å². The second-order valence-electron chi connectivity index (χ2n) is 6.95. The highest BCUT2D eigenvalue weighted by Gasteiger charge is 2.17. The smallest absolute Gasteiger partial charge is 0.0827 e. The lowest BCUT2D eigenvalue weighted by atomic mass is 9.97. The minimum atomic E-state index is -1.36. The Hall–Kier alpha value is -0.903. The molecule has 0 aliphatic heterocycles. The maximum atomic E-state index is 10.4. The zero-order valence-electron chi connectivity index (χ0n) is 13.8. The predicted molar refractivity (Wildman–Crippen MR) is 93.0 cm³/mol. The third-order valence-corrected chi connectivity index (χ3v) is 4.67. The molecule has 2 N–H and O–H groups in total. The summed E-state index contributed by atoms with van der Waals surface area (Å²) in [4.78, 5) is 0. The molecule has 0 amide bonds. The van der Waals surface area contributed by atoms with E-state index in [2.05, 4.69) is 32.3 Å². The zero-order chi connectivity index (χ0) is 15.9. The van der Waals surface area contributed by atoms with E-state index in [4.69, 9.17) is 0 Å². The van der Waals surface area contributed by atoms with Crippen molar-refractivity contribution in [3.05, 3.63) is 47.2 Å². The number of benzene rings is 1. The number of hydrogen-bond acceptors (Lipinski definition) is 2. The second kappa shape index (κ2) is 8.52. The Morgan fingerprint density at radius 2 is 1.71 bits per heavy atom. The lowest BCUT2D eigenvalue weighted by Crippen LogP contribution is -2.19. The maximum absolute atomic E-state index is 10.4. The van der Waals surface area contributed by atoms with Crippen LogP contribution in [0.2, 0.25) is 19.6 Å². The third-order valence-electron chi connectivity index (χ3n) is 3.40. The van der Waals surface area contributed by atoms with E-state index in [9.17, 15) is 10.2 Å². The molecule has 0 radical (unpaired) electrons. The molecule has 118 valence electrons. The Labute approximate surface area is 130 Å². The summed E-state index contributed by atoms with van der Waals surface area (Å²) in [5.74, 6) is 0. The first-order valence-electron chi connectivity index (χ1n) is 7.93. The fourth-order valence-electron chi connectivity index (χ4n) is 2.59. The Morgan fingerprint density at radius 1 is 1.10 bits per heavy atom. The van der Waals surface area contributed by atoms with E-state index in [0.717, 1.165) is 18.4 Å². The number of rotatable bonds is 8. The molecule has 0 aliphatic rings. The molecule has 1 aromatic rings. The van der Waals surface area contributed by atoms with Gasteiger partial charge in [0.1, 0.15) is 0 Å². The topological polar surface area (TPSA) is 40.5 Å². The highest BCUT2D eigenvalue weighted by Crippen LogP contribution is 2.26. The molecule has 0 saturated carbocycles. The van der Waals surface area contributed by atoms with Gasteiger partial charge in [0.15, 0.2) is 0 Å². The molecule has 0 saturated heterocycles. The van der Waals surface area contributed by atoms with Crippen LogP contribution in [-0.4, -0.2) is 24.4 Å². The molecule has 1 aromatic carbocycles. The van der Waals surface area contributed by atoms with Crippen LogP contribution in [0.4, 0.5) is 0 Å². The first-order chi connectivity index (χ1) is 9.81. The molecule has 0 fully saturated rings. The quantitative estimate of drug-likeness (QED) is 0.696. The summed E-state index contributed by atoms with van der Waals surface area (Å²) in [7, 11) is -1.36. The van der Waals surface area contributed by atoms with Crippen LogP contribution in [0.1, 0.15) is 44.3 Å². The molecule has 0 bridgehead atoms. The van der Waals surface area contributed by atoms with Crippen molar-refractivity contribution in [3.8, 4) is 0 Å². The molecule has 0 heterocycles. The third kappa shape index (κ3) is 7.60. The van der Waals surface area contributed by atoms with Crippen LogP contribution < -0.4 is 0 Å². The van der Waals surface area contributed by atoms with Crippen LogP contribution in [0.3, 0.4) is 0 Å². The summed E-state index contributed by atoms with van der Waals surface area (Å²) in [6.45, 7) is 8.94. The van der Waals surface area contributed by atoms with Crippen LogP contribution in [0, 0.1) is 0 Å². The van der Waals surface area contributed by atoms with Gasteiger partial charge in [-0.2, -0.15) is 0 Å². The number of hydrogen-bond donors (Lipinski definition) is 2. The predicted octanol–water partition coefficient (Wildman–Crippen LogP) is 4.47. The Kier molecular flexibility index (Phi) is 7.36. The van der Waals surface area contributed by atoms with Crippen molar-refractivity contribution in [2.45, 2.75) is 64.5 Å². The Balaban J connectivity index is 2.80. The van der Waals surface area contributed by atoms with Crippen molar-refractivity contribution in [2.75, 3.05) is 0 Å². The van der Waals surface area contributed by atoms with Crippen LogP contribution >= 0.6 is 0 Å². The average molecular weight is 307 g/mol. The van der Waals surface area contributed by atoms with Crippen LogP contribution in [-0.2, 0) is 0 Å². The van der Waals surface area contributed by atoms with E-state index in [1.165, 1.54) is 5.57 Å². The zero-order valence-corrected chi connectivity index (χ0v) is 14.8. The minimum Gasteiger partial charge on any atom is -0.393 e. The Morgan fingerprint density at radius 3 is 2.24 bits per heavy atom. The summed E-state index contributed by atoms with van der Waals surface area (Å²) in [6.07, 6.45) is 2.34. The monoisotopic (exact) mass is 306 g/mol. The van der Waals surface area contributed by atoms with E-state index in [-0.39, 0.29) is 6.10 Å². The number of aliphatic hydroxyl groups excluding tert-OH is 2. The van der Waals surface area contributed by atoms with Crippen molar-refractivity contribution in [2.24, 2.45) is 0 Å².